The molecule has 1 aromatic heterocycles. The largest absolute Gasteiger partial charge is 0.354 e. The maximum Gasteiger partial charge on any atom is 0.237 e. The molecular formula is C17H30ClN5O. The molecular weight excluding hydrogens is 326 g/mol. The fraction of sp³-hybridized carbons (Fsp3) is 0.765. The normalized spacial score (nSPS) is 24.6. The van der Waals surface area contributed by atoms with Crippen LogP contribution in [0.3, 0.4) is 0 Å². The molecule has 2 fully saturated rings. The average molecular weight is 356 g/mol. The van der Waals surface area contributed by atoms with Gasteiger partial charge >= 0.3 is 0 Å². The Kier molecular flexibility index (Phi) is 7.07. The molecule has 24 heavy (non-hydrogen) atoms. The van der Waals surface area contributed by atoms with Gasteiger partial charge in [0.2, 0.25) is 5.91 Å². The predicted octanol–water partition coefficient (Wildman–Crippen LogP) is 1.23. The van der Waals surface area contributed by atoms with Gasteiger partial charge in [0.25, 0.3) is 0 Å². The molecule has 2 N–H and O–H groups in total. The van der Waals surface area contributed by atoms with E-state index in [0.29, 0.717) is 5.92 Å². The Balaban J connectivity index is 0.00000208. The SMILES string of the molecule is Cc1nn(C)cc1CN1CCCC(CNC(=O)C2CCCN2)C1.Cl. The van der Waals surface area contributed by atoms with Crippen LogP contribution in [0.5, 0.6) is 0 Å². The molecule has 0 spiro atoms. The van der Waals surface area contributed by atoms with Crippen molar-refractivity contribution in [2.24, 2.45) is 13.0 Å². The number of hydrogen-bond acceptors (Lipinski definition) is 4. The van der Waals surface area contributed by atoms with Gasteiger partial charge in [0.1, 0.15) is 0 Å². The number of carbonyl (C=O) groups excluding carboxylic acids is 1. The maximum absolute atomic E-state index is 12.1. The second-order valence-electron chi connectivity index (χ2n) is 7.05. The Labute approximate surface area is 150 Å². The number of amides is 1. The molecule has 0 saturated carbocycles. The van der Waals surface area contributed by atoms with Crippen molar-refractivity contribution in [1.82, 2.24) is 25.3 Å². The van der Waals surface area contributed by atoms with Crippen molar-refractivity contribution >= 4 is 18.3 Å². The molecule has 1 amide bonds. The number of aromatic nitrogens is 2. The van der Waals surface area contributed by atoms with Crippen LogP contribution in [0.25, 0.3) is 0 Å². The Morgan fingerprint density at radius 3 is 2.92 bits per heavy atom. The van der Waals surface area contributed by atoms with Crippen molar-refractivity contribution in [3.63, 3.8) is 0 Å². The van der Waals surface area contributed by atoms with Gasteiger partial charge in [-0.1, -0.05) is 0 Å². The number of nitrogens with one attached hydrogen (secondary N) is 2. The van der Waals surface area contributed by atoms with Gasteiger partial charge in [-0.2, -0.15) is 5.10 Å². The summed E-state index contributed by atoms with van der Waals surface area (Å²) in [6.07, 6.45) is 6.62. The van der Waals surface area contributed by atoms with E-state index < -0.39 is 0 Å². The van der Waals surface area contributed by atoms with Gasteiger partial charge in [0.05, 0.1) is 11.7 Å². The third-order valence-corrected chi connectivity index (χ3v) is 5.05. The van der Waals surface area contributed by atoms with E-state index in [1.54, 1.807) is 0 Å². The molecule has 2 atom stereocenters. The molecule has 2 saturated heterocycles. The highest BCUT2D eigenvalue weighted by Crippen LogP contribution is 2.19. The summed E-state index contributed by atoms with van der Waals surface area (Å²) in [6, 6.07) is 0.0349. The molecule has 0 bridgehead atoms. The molecule has 2 aliphatic heterocycles. The van der Waals surface area contributed by atoms with Crippen LogP contribution in [0.4, 0.5) is 0 Å². The minimum atomic E-state index is 0. The molecule has 3 rings (SSSR count). The Morgan fingerprint density at radius 1 is 1.42 bits per heavy atom. The molecule has 3 heterocycles. The van der Waals surface area contributed by atoms with Gasteiger partial charge in [-0.25, -0.2) is 0 Å². The van der Waals surface area contributed by atoms with Crippen LogP contribution in [0.2, 0.25) is 0 Å². The molecule has 0 radical (unpaired) electrons. The highest BCUT2D eigenvalue weighted by atomic mass is 35.5. The summed E-state index contributed by atoms with van der Waals surface area (Å²) in [4.78, 5) is 14.6. The highest BCUT2D eigenvalue weighted by molar-refractivity contribution is 5.85. The number of piperidine rings is 1. The van der Waals surface area contributed by atoms with Crippen LogP contribution in [0.1, 0.15) is 36.9 Å². The summed E-state index contributed by atoms with van der Waals surface area (Å²) in [7, 11) is 1.97. The molecule has 2 unspecified atom stereocenters. The number of nitrogens with zero attached hydrogens (tertiary/aromatic N) is 3. The molecule has 7 heteroatoms. The van der Waals surface area contributed by atoms with E-state index in [4.69, 9.17) is 0 Å². The molecule has 1 aromatic rings. The number of carbonyl (C=O) groups is 1. The first-order valence-corrected chi connectivity index (χ1v) is 8.84. The number of halogens is 1. The minimum Gasteiger partial charge on any atom is -0.354 e. The first-order chi connectivity index (χ1) is 11.1. The first-order valence-electron chi connectivity index (χ1n) is 8.84. The van der Waals surface area contributed by atoms with Crippen molar-refractivity contribution < 1.29 is 4.79 Å². The van der Waals surface area contributed by atoms with Crippen LogP contribution in [-0.2, 0) is 18.4 Å². The van der Waals surface area contributed by atoms with Crippen LogP contribution >= 0.6 is 12.4 Å². The topological polar surface area (TPSA) is 62.2 Å². The first kappa shape index (κ1) is 19.2. The lowest BCUT2D eigenvalue weighted by molar-refractivity contribution is -0.123. The molecule has 6 nitrogen and oxygen atoms in total. The summed E-state index contributed by atoms with van der Waals surface area (Å²) >= 11 is 0. The third kappa shape index (κ3) is 4.94. The fourth-order valence-electron chi connectivity index (χ4n) is 3.78. The number of aryl methyl sites for hydroxylation is 2. The summed E-state index contributed by atoms with van der Waals surface area (Å²) in [5.74, 6) is 0.744. The molecule has 2 aliphatic rings. The van der Waals surface area contributed by atoms with Crippen molar-refractivity contribution in [2.45, 2.75) is 45.2 Å². The van der Waals surface area contributed by atoms with Gasteiger partial charge in [-0.05, 0) is 51.6 Å². The van der Waals surface area contributed by atoms with Gasteiger partial charge in [0.15, 0.2) is 0 Å². The zero-order valence-corrected chi connectivity index (χ0v) is 15.6. The van der Waals surface area contributed by atoms with Crippen LogP contribution in [0.15, 0.2) is 6.20 Å². The van der Waals surface area contributed by atoms with Crippen molar-refractivity contribution in [1.29, 1.82) is 0 Å². The van der Waals surface area contributed by atoms with E-state index in [2.05, 4.69) is 33.8 Å². The third-order valence-electron chi connectivity index (χ3n) is 5.05. The smallest absolute Gasteiger partial charge is 0.237 e. The van der Waals surface area contributed by atoms with E-state index >= 15 is 0 Å². The van der Waals surface area contributed by atoms with Gasteiger partial charge in [-0.15, -0.1) is 12.4 Å². The standard InChI is InChI=1S/C17H29N5O.ClH/c1-13-15(11-21(2)20-13)12-22-8-4-5-14(10-22)9-19-17(23)16-6-3-7-18-16;/h11,14,16,18H,3-10,12H2,1-2H3,(H,19,23);1H. The average Bonchev–Trinajstić information content (AvgIpc) is 3.16. The van der Waals surface area contributed by atoms with Gasteiger partial charge in [-0.3, -0.25) is 14.4 Å². The van der Waals surface area contributed by atoms with Gasteiger partial charge < -0.3 is 10.6 Å². The molecule has 0 aromatic carbocycles. The highest BCUT2D eigenvalue weighted by Gasteiger charge is 2.25. The maximum atomic E-state index is 12.1. The number of hydrogen-bond donors (Lipinski definition) is 2. The van der Waals surface area contributed by atoms with E-state index in [0.717, 1.165) is 51.3 Å². The Morgan fingerprint density at radius 2 is 2.25 bits per heavy atom. The zero-order chi connectivity index (χ0) is 16.2. The second kappa shape index (κ2) is 8.83. The lowest BCUT2D eigenvalue weighted by atomic mass is 9.97. The second-order valence-corrected chi connectivity index (χ2v) is 7.05. The van der Waals surface area contributed by atoms with Crippen LogP contribution in [0, 0.1) is 12.8 Å². The fourth-order valence-corrected chi connectivity index (χ4v) is 3.78. The van der Waals surface area contributed by atoms with Crippen molar-refractivity contribution in [3.05, 3.63) is 17.5 Å². The monoisotopic (exact) mass is 355 g/mol. The van der Waals surface area contributed by atoms with Crippen molar-refractivity contribution in [2.75, 3.05) is 26.2 Å². The lowest BCUT2D eigenvalue weighted by Gasteiger charge is -2.32. The van der Waals surface area contributed by atoms with Crippen molar-refractivity contribution in [3.8, 4) is 0 Å². The predicted molar refractivity (Wildman–Crippen MR) is 97.2 cm³/mol. The summed E-state index contributed by atoms with van der Waals surface area (Å²) in [5, 5.41) is 10.8. The Hall–Kier alpha value is -1.11. The summed E-state index contributed by atoms with van der Waals surface area (Å²) < 4.78 is 1.89. The van der Waals surface area contributed by atoms with E-state index in [9.17, 15) is 4.79 Å². The molecule has 136 valence electrons. The quantitative estimate of drug-likeness (QED) is 0.834. The van der Waals surface area contributed by atoms with E-state index in [-0.39, 0.29) is 24.4 Å². The van der Waals surface area contributed by atoms with E-state index in [1.807, 2.05) is 11.7 Å². The number of likely N-dealkylation sites (tertiary alicyclic amines) is 1. The van der Waals surface area contributed by atoms with Crippen LogP contribution < -0.4 is 10.6 Å². The summed E-state index contributed by atoms with van der Waals surface area (Å²) in [6.45, 7) is 7.02. The summed E-state index contributed by atoms with van der Waals surface area (Å²) in [5.41, 5.74) is 2.43. The van der Waals surface area contributed by atoms with E-state index in [1.165, 1.54) is 18.4 Å². The number of rotatable bonds is 5. The van der Waals surface area contributed by atoms with Crippen LogP contribution in [-0.4, -0.2) is 52.8 Å². The zero-order valence-electron chi connectivity index (χ0n) is 14.8. The van der Waals surface area contributed by atoms with Gasteiger partial charge in [0, 0.05) is 38.4 Å². The minimum absolute atomic E-state index is 0. The lowest BCUT2D eigenvalue weighted by Crippen LogP contribution is -2.45. The molecule has 0 aliphatic carbocycles. The Bertz CT molecular complexity index is 541.